The van der Waals surface area contributed by atoms with E-state index in [0.717, 1.165) is 32.1 Å². The molecule has 1 saturated carbocycles. The molecule has 192 valence electrons. The van der Waals surface area contributed by atoms with Gasteiger partial charge < -0.3 is 15.0 Å². The van der Waals surface area contributed by atoms with Gasteiger partial charge in [0.2, 0.25) is 0 Å². The van der Waals surface area contributed by atoms with E-state index in [9.17, 15) is 9.59 Å². The molecule has 2 amide bonds. The molecule has 4 rings (SSSR count). The van der Waals surface area contributed by atoms with Gasteiger partial charge in [0, 0.05) is 25.1 Å². The van der Waals surface area contributed by atoms with E-state index in [-0.39, 0.29) is 23.0 Å². The molecular formula is C30H33N3O3S. The largest absolute Gasteiger partial charge is 0.493 e. The molecule has 37 heavy (non-hydrogen) atoms. The summed E-state index contributed by atoms with van der Waals surface area (Å²) in [6, 6.07) is 24.6. The van der Waals surface area contributed by atoms with E-state index in [1.54, 1.807) is 36.4 Å². The minimum absolute atomic E-state index is 0.0491. The van der Waals surface area contributed by atoms with Crippen LogP contribution in [0.5, 0.6) is 5.75 Å². The first-order valence-electron chi connectivity index (χ1n) is 12.8. The molecule has 0 unspecified atom stereocenters. The van der Waals surface area contributed by atoms with Gasteiger partial charge >= 0.3 is 0 Å². The molecule has 1 aliphatic carbocycles. The van der Waals surface area contributed by atoms with Crippen molar-refractivity contribution in [2.45, 2.75) is 44.6 Å². The molecule has 7 heteroatoms. The Kier molecular flexibility index (Phi) is 9.27. The number of ether oxygens (including phenoxy) is 1. The molecule has 0 radical (unpaired) electrons. The van der Waals surface area contributed by atoms with Crippen LogP contribution in [0.15, 0.2) is 78.9 Å². The summed E-state index contributed by atoms with van der Waals surface area (Å²) in [5.74, 6) is 0.311. The fourth-order valence-electron chi connectivity index (χ4n) is 4.57. The second-order valence-corrected chi connectivity index (χ2v) is 9.68. The number of anilines is 1. The molecule has 0 aromatic heterocycles. The Labute approximate surface area is 224 Å². The Bertz CT molecular complexity index is 1210. The highest BCUT2D eigenvalue weighted by Gasteiger charge is 2.24. The SMILES string of the molecule is CN(C(=O)c1ccccc1NC(=S)NC(=O)c1ccc(OCCc2ccccc2)cc1)C1CCCCC1. The Morgan fingerprint density at radius 1 is 0.919 bits per heavy atom. The zero-order chi connectivity index (χ0) is 26.0. The minimum atomic E-state index is -0.337. The molecule has 3 aromatic carbocycles. The van der Waals surface area contributed by atoms with Crippen molar-refractivity contribution in [3.63, 3.8) is 0 Å². The van der Waals surface area contributed by atoms with Crippen molar-refractivity contribution in [3.05, 3.63) is 95.6 Å². The van der Waals surface area contributed by atoms with Gasteiger partial charge in [-0.1, -0.05) is 61.7 Å². The maximum atomic E-state index is 13.2. The van der Waals surface area contributed by atoms with Crippen molar-refractivity contribution in [1.29, 1.82) is 0 Å². The number of thiocarbonyl (C=S) groups is 1. The van der Waals surface area contributed by atoms with E-state index in [1.807, 2.05) is 42.3 Å². The summed E-state index contributed by atoms with van der Waals surface area (Å²) >= 11 is 5.39. The summed E-state index contributed by atoms with van der Waals surface area (Å²) in [4.78, 5) is 27.8. The Balaban J connectivity index is 1.30. The first kappa shape index (κ1) is 26.4. The molecule has 0 atom stereocenters. The van der Waals surface area contributed by atoms with Gasteiger partial charge in [0.05, 0.1) is 17.9 Å². The maximum Gasteiger partial charge on any atom is 0.257 e. The molecule has 2 N–H and O–H groups in total. The topological polar surface area (TPSA) is 70.7 Å². The number of nitrogens with zero attached hydrogens (tertiary/aromatic N) is 1. The number of carbonyl (C=O) groups excluding carboxylic acids is 2. The van der Waals surface area contributed by atoms with Gasteiger partial charge in [-0.25, -0.2) is 0 Å². The van der Waals surface area contributed by atoms with Gasteiger partial charge in [-0.3, -0.25) is 14.9 Å². The van der Waals surface area contributed by atoms with Crippen LogP contribution in [0.25, 0.3) is 0 Å². The summed E-state index contributed by atoms with van der Waals surface area (Å²) in [7, 11) is 1.87. The minimum Gasteiger partial charge on any atom is -0.493 e. The molecule has 1 fully saturated rings. The number of carbonyl (C=O) groups is 2. The molecule has 0 spiro atoms. The van der Waals surface area contributed by atoms with E-state index < -0.39 is 0 Å². The number of rotatable bonds is 8. The van der Waals surface area contributed by atoms with Gasteiger partial charge in [0.25, 0.3) is 11.8 Å². The van der Waals surface area contributed by atoms with Gasteiger partial charge in [0.15, 0.2) is 5.11 Å². The van der Waals surface area contributed by atoms with E-state index in [4.69, 9.17) is 17.0 Å². The van der Waals surface area contributed by atoms with Crippen LogP contribution in [0.2, 0.25) is 0 Å². The van der Waals surface area contributed by atoms with Crippen molar-refractivity contribution in [2.75, 3.05) is 19.0 Å². The second-order valence-electron chi connectivity index (χ2n) is 9.27. The first-order chi connectivity index (χ1) is 18.0. The van der Waals surface area contributed by atoms with E-state index >= 15 is 0 Å². The molecular weight excluding hydrogens is 482 g/mol. The monoisotopic (exact) mass is 515 g/mol. The molecule has 1 aliphatic rings. The predicted octanol–water partition coefficient (Wildman–Crippen LogP) is 5.84. The summed E-state index contributed by atoms with van der Waals surface area (Å²) in [6.45, 7) is 0.553. The van der Waals surface area contributed by atoms with E-state index in [2.05, 4.69) is 22.8 Å². The summed E-state index contributed by atoms with van der Waals surface area (Å²) in [5.41, 5.74) is 2.77. The highest BCUT2D eigenvalue weighted by atomic mass is 32.1. The van der Waals surface area contributed by atoms with Crippen LogP contribution in [0.3, 0.4) is 0 Å². The molecule has 0 bridgehead atoms. The van der Waals surface area contributed by atoms with Gasteiger partial charge in [-0.05, 0) is 67.0 Å². The lowest BCUT2D eigenvalue weighted by atomic mass is 9.94. The van der Waals surface area contributed by atoms with Crippen molar-refractivity contribution in [3.8, 4) is 5.75 Å². The highest BCUT2D eigenvalue weighted by Crippen LogP contribution is 2.25. The zero-order valence-electron chi connectivity index (χ0n) is 21.1. The van der Waals surface area contributed by atoms with Crippen molar-refractivity contribution < 1.29 is 14.3 Å². The fraction of sp³-hybridized carbons (Fsp3) is 0.300. The second kappa shape index (κ2) is 13.0. The lowest BCUT2D eigenvalue weighted by Crippen LogP contribution is -2.39. The molecule has 0 heterocycles. The van der Waals surface area contributed by atoms with E-state index in [1.165, 1.54) is 12.0 Å². The number of hydrogen-bond donors (Lipinski definition) is 2. The number of hydrogen-bond acceptors (Lipinski definition) is 4. The third-order valence-electron chi connectivity index (χ3n) is 6.69. The van der Waals surface area contributed by atoms with E-state index in [0.29, 0.717) is 29.2 Å². The smallest absolute Gasteiger partial charge is 0.257 e. The van der Waals surface area contributed by atoms with Crippen LogP contribution in [0, 0.1) is 0 Å². The Morgan fingerprint density at radius 2 is 1.59 bits per heavy atom. The van der Waals surface area contributed by atoms with Crippen LogP contribution in [0.4, 0.5) is 5.69 Å². The van der Waals surface area contributed by atoms with Gasteiger partial charge in [-0.15, -0.1) is 0 Å². The third-order valence-corrected chi connectivity index (χ3v) is 6.90. The van der Waals surface area contributed by atoms with Crippen LogP contribution in [-0.2, 0) is 6.42 Å². The Hall–Kier alpha value is -3.71. The standard InChI is InChI=1S/C30H33N3O3S/c1-33(24-12-6-3-7-13-24)29(35)26-14-8-9-15-27(26)31-30(37)32-28(34)23-16-18-25(19-17-23)36-21-20-22-10-4-2-5-11-22/h2,4-5,8-11,14-19,24H,3,6-7,12-13,20-21H2,1H3,(H2,31,32,34,37). The van der Waals surface area contributed by atoms with Crippen molar-refractivity contribution in [2.24, 2.45) is 0 Å². The average molecular weight is 516 g/mol. The number of benzene rings is 3. The van der Waals surface area contributed by atoms with Crippen LogP contribution in [0.1, 0.15) is 58.4 Å². The number of nitrogens with one attached hydrogen (secondary N) is 2. The number of amides is 2. The maximum absolute atomic E-state index is 13.2. The van der Waals surface area contributed by atoms with Crippen LogP contribution in [-0.4, -0.2) is 41.5 Å². The molecule has 0 saturated heterocycles. The quantitative estimate of drug-likeness (QED) is 0.369. The fourth-order valence-corrected chi connectivity index (χ4v) is 4.77. The molecule has 0 aliphatic heterocycles. The summed E-state index contributed by atoms with van der Waals surface area (Å²) in [6.07, 6.45) is 6.41. The predicted molar refractivity (Wildman–Crippen MR) is 151 cm³/mol. The molecule has 6 nitrogen and oxygen atoms in total. The normalized spacial score (nSPS) is 13.4. The van der Waals surface area contributed by atoms with Crippen molar-refractivity contribution in [1.82, 2.24) is 10.2 Å². The van der Waals surface area contributed by atoms with Gasteiger partial charge in [0.1, 0.15) is 5.75 Å². The third kappa shape index (κ3) is 7.40. The highest BCUT2D eigenvalue weighted by molar-refractivity contribution is 7.80. The first-order valence-corrected chi connectivity index (χ1v) is 13.2. The zero-order valence-corrected chi connectivity index (χ0v) is 21.9. The summed E-state index contributed by atoms with van der Waals surface area (Å²) < 4.78 is 5.80. The summed E-state index contributed by atoms with van der Waals surface area (Å²) in [5, 5.41) is 5.87. The molecule has 3 aromatic rings. The van der Waals surface area contributed by atoms with Crippen molar-refractivity contribution >= 4 is 34.8 Å². The average Bonchev–Trinajstić information content (AvgIpc) is 2.94. The lowest BCUT2D eigenvalue weighted by molar-refractivity contribution is 0.0697. The van der Waals surface area contributed by atoms with Crippen LogP contribution >= 0.6 is 12.2 Å². The van der Waals surface area contributed by atoms with Crippen LogP contribution < -0.4 is 15.4 Å². The van der Waals surface area contributed by atoms with Gasteiger partial charge in [-0.2, -0.15) is 0 Å². The number of para-hydroxylation sites is 1. The lowest BCUT2D eigenvalue weighted by Gasteiger charge is -2.31. The Morgan fingerprint density at radius 3 is 2.32 bits per heavy atom.